The summed E-state index contributed by atoms with van der Waals surface area (Å²) in [4.78, 5) is 0. The second-order valence-electron chi connectivity index (χ2n) is 7.29. The van der Waals surface area contributed by atoms with Crippen LogP contribution in [0.5, 0.6) is 0 Å². The van der Waals surface area contributed by atoms with Crippen LogP contribution in [-0.4, -0.2) is 25.9 Å². The standard InChI is InChI=1S/C22H36O3S/c1-3-4-5-6-7-8-9-13-16-21(19-26(2,24)25)22(23)18-17-20-14-11-10-12-15-20/h10-12,14-15,19,22-23H,3-9,13,16-18H2,1-2H3. The molecule has 26 heavy (non-hydrogen) atoms. The van der Waals surface area contributed by atoms with Crippen LogP contribution in [0.15, 0.2) is 41.3 Å². The van der Waals surface area contributed by atoms with Gasteiger partial charge in [-0.25, -0.2) is 8.42 Å². The fraction of sp³-hybridized carbons (Fsp3) is 0.636. The summed E-state index contributed by atoms with van der Waals surface area (Å²) in [7, 11) is -3.23. The second kappa shape index (κ2) is 13.1. The molecule has 0 saturated heterocycles. The molecule has 0 bridgehead atoms. The first-order valence-corrected chi connectivity index (χ1v) is 12.0. The third kappa shape index (κ3) is 11.5. The molecule has 1 unspecified atom stereocenters. The maximum Gasteiger partial charge on any atom is 0.168 e. The Balaban J connectivity index is 2.43. The topological polar surface area (TPSA) is 54.4 Å². The highest BCUT2D eigenvalue weighted by Crippen LogP contribution is 2.20. The highest BCUT2D eigenvalue weighted by Gasteiger charge is 2.13. The number of aliphatic hydroxyl groups is 1. The summed E-state index contributed by atoms with van der Waals surface area (Å²) in [5.74, 6) is 0. The highest BCUT2D eigenvalue weighted by atomic mass is 32.2. The second-order valence-corrected chi connectivity index (χ2v) is 9.18. The molecule has 0 aliphatic heterocycles. The minimum Gasteiger partial charge on any atom is -0.389 e. The fourth-order valence-electron chi connectivity index (χ4n) is 3.18. The summed E-state index contributed by atoms with van der Waals surface area (Å²) in [6.45, 7) is 2.22. The summed E-state index contributed by atoms with van der Waals surface area (Å²) in [6.07, 6.45) is 12.1. The zero-order chi connectivity index (χ0) is 19.3. The van der Waals surface area contributed by atoms with E-state index < -0.39 is 15.9 Å². The van der Waals surface area contributed by atoms with Crippen LogP contribution in [0.25, 0.3) is 0 Å². The van der Waals surface area contributed by atoms with E-state index in [9.17, 15) is 13.5 Å². The lowest BCUT2D eigenvalue weighted by molar-refractivity contribution is 0.196. The monoisotopic (exact) mass is 380 g/mol. The van der Waals surface area contributed by atoms with Gasteiger partial charge in [-0.05, 0) is 36.8 Å². The van der Waals surface area contributed by atoms with Crippen molar-refractivity contribution in [3.05, 3.63) is 46.9 Å². The zero-order valence-electron chi connectivity index (χ0n) is 16.5. The largest absolute Gasteiger partial charge is 0.389 e. The van der Waals surface area contributed by atoms with Crippen LogP contribution in [0.2, 0.25) is 0 Å². The number of hydrogen-bond donors (Lipinski definition) is 1. The van der Waals surface area contributed by atoms with Gasteiger partial charge in [-0.3, -0.25) is 0 Å². The molecule has 0 saturated carbocycles. The van der Waals surface area contributed by atoms with Crippen molar-refractivity contribution in [2.24, 2.45) is 0 Å². The average molecular weight is 381 g/mol. The Hall–Kier alpha value is -1.13. The SMILES string of the molecule is CCCCCCCCCCC(=CS(C)(=O)=O)C(O)CCc1ccccc1. The molecule has 3 nitrogen and oxygen atoms in total. The van der Waals surface area contributed by atoms with Crippen LogP contribution >= 0.6 is 0 Å². The molecule has 0 fully saturated rings. The van der Waals surface area contributed by atoms with Gasteiger partial charge in [-0.2, -0.15) is 0 Å². The number of sulfone groups is 1. The van der Waals surface area contributed by atoms with Crippen molar-refractivity contribution >= 4 is 9.84 Å². The Morgan fingerprint density at radius 3 is 2.15 bits per heavy atom. The van der Waals surface area contributed by atoms with E-state index in [0.717, 1.165) is 24.8 Å². The summed E-state index contributed by atoms with van der Waals surface area (Å²) in [6, 6.07) is 10.00. The first kappa shape index (κ1) is 22.9. The van der Waals surface area contributed by atoms with Crippen molar-refractivity contribution in [2.75, 3.05) is 6.26 Å². The van der Waals surface area contributed by atoms with Crippen molar-refractivity contribution in [1.29, 1.82) is 0 Å². The fourth-order valence-corrected chi connectivity index (χ4v) is 4.00. The van der Waals surface area contributed by atoms with Gasteiger partial charge in [-0.1, -0.05) is 82.2 Å². The predicted molar refractivity (Wildman–Crippen MR) is 111 cm³/mol. The van der Waals surface area contributed by atoms with E-state index in [2.05, 4.69) is 6.92 Å². The summed E-state index contributed by atoms with van der Waals surface area (Å²) < 4.78 is 23.3. The van der Waals surface area contributed by atoms with Gasteiger partial charge in [0.1, 0.15) is 0 Å². The van der Waals surface area contributed by atoms with Gasteiger partial charge < -0.3 is 5.11 Å². The van der Waals surface area contributed by atoms with Crippen LogP contribution in [-0.2, 0) is 16.3 Å². The van der Waals surface area contributed by atoms with Crippen LogP contribution in [0.4, 0.5) is 0 Å². The van der Waals surface area contributed by atoms with E-state index in [4.69, 9.17) is 0 Å². The number of rotatable bonds is 14. The van der Waals surface area contributed by atoms with E-state index in [1.165, 1.54) is 50.2 Å². The summed E-state index contributed by atoms with van der Waals surface area (Å²) >= 11 is 0. The van der Waals surface area contributed by atoms with Gasteiger partial charge in [0.05, 0.1) is 6.10 Å². The Kier molecular flexibility index (Phi) is 11.5. The molecule has 1 aromatic rings. The average Bonchev–Trinajstić information content (AvgIpc) is 2.60. The van der Waals surface area contributed by atoms with E-state index >= 15 is 0 Å². The normalized spacial score (nSPS) is 13.7. The molecular weight excluding hydrogens is 344 g/mol. The van der Waals surface area contributed by atoms with Gasteiger partial charge in [0.15, 0.2) is 9.84 Å². The molecule has 1 atom stereocenters. The van der Waals surface area contributed by atoms with E-state index in [1.54, 1.807) is 0 Å². The maximum absolute atomic E-state index is 11.7. The predicted octanol–water partition coefficient (Wildman–Crippen LogP) is 5.44. The Bertz CT molecular complexity index is 606. The smallest absolute Gasteiger partial charge is 0.168 e. The van der Waals surface area contributed by atoms with Crippen molar-refractivity contribution in [1.82, 2.24) is 0 Å². The number of aliphatic hydroxyl groups excluding tert-OH is 1. The molecule has 1 aromatic carbocycles. The van der Waals surface area contributed by atoms with Gasteiger partial charge in [0.2, 0.25) is 0 Å². The third-order valence-corrected chi connectivity index (χ3v) is 5.39. The lowest BCUT2D eigenvalue weighted by Gasteiger charge is -2.15. The van der Waals surface area contributed by atoms with E-state index in [0.29, 0.717) is 18.4 Å². The minimum absolute atomic E-state index is 0.558. The highest BCUT2D eigenvalue weighted by molar-refractivity contribution is 7.93. The molecule has 0 spiro atoms. The first-order chi connectivity index (χ1) is 12.4. The minimum atomic E-state index is -3.23. The number of aryl methyl sites for hydroxylation is 1. The van der Waals surface area contributed by atoms with Gasteiger partial charge in [0.25, 0.3) is 0 Å². The van der Waals surface area contributed by atoms with Gasteiger partial charge in [0, 0.05) is 11.7 Å². The Morgan fingerprint density at radius 1 is 1.00 bits per heavy atom. The molecule has 148 valence electrons. The molecule has 0 aromatic heterocycles. The molecule has 0 radical (unpaired) electrons. The van der Waals surface area contributed by atoms with Crippen molar-refractivity contribution < 1.29 is 13.5 Å². The quantitative estimate of drug-likeness (QED) is 0.437. The Morgan fingerprint density at radius 2 is 1.58 bits per heavy atom. The van der Waals surface area contributed by atoms with Crippen molar-refractivity contribution in [3.8, 4) is 0 Å². The lowest BCUT2D eigenvalue weighted by atomic mass is 9.98. The van der Waals surface area contributed by atoms with Crippen LogP contribution in [0.3, 0.4) is 0 Å². The van der Waals surface area contributed by atoms with Crippen molar-refractivity contribution in [3.63, 3.8) is 0 Å². The van der Waals surface area contributed by atoms with Crippen molar-refractivity contribution in [2.45, 2.75) is 83.7 Å². The Labute approximate surface area is 160 Å². The molecule has 0 aliphatic carbocycles. The molecule has 0 amide bonds. The third-order valence-electron chi connectivity index (χ3n) is 4.66. The summed E-state index contributed by atoms with van der Waals surface area (Å²) in [5.41, 5.74) is 1.83. The maximum atomic E-state index is 11.7. The molecular formula is C22H36O3S. The number of hydrogen-bond acceptors (Lipinski definition) is 3. The van der Waals surface area contributed by atoms with Crippen LogP contribution in [0, 0.1) is 0 Å². The molecule has 1 rings (SSSR count). The number of unbranched alkanes of at least 4 members (excludes halogenated alkanes) is 7. The first-order valence-electron chi connectivity index (χ1n) is 10.0. The van der Waals surface area contributed by atoms with E-state index in [1.807, 2.05) is 30.3 Å². The lowest BCUT2D eigenvalue weighted by Crippen LogP contribution is -2.13. The molecule has 1 N–H and O–H groups in total. The van der Waals surface area contributed by atoms with Gasteiger partial charge in [-0.15, -0.1) is 0 Å². The zero-order valence-corrected chi connectivity index (χ0v) is 17.3. The van der Waals surface area contributed by atoms with Crippen LogP contribution < -0.4 is 0 Å². The summed E-state index contributed by atoms with van der Waals surface area (Å²) in [5, 5.41) is 11.8. The molecule has 0 heterocycles. The van der Waals surface area contributed by atoms with Crippen LogP contribution in [0.1, 0.15) is 76.7 Å². The van der Waals surface area contributed by atoms with E-state index in [-0.39, 0.29) is 0 Å². The number of benzene rings is 1. The molecule has 4 heteroatoms. The van der Waals surface area contributed by atoms with Gasteiger partial charge >= 0.3 is 0 Å². The molecule has 0 aliphatic rings.